The van der Waals surface area contributed by atoms with Crippen molar-refractivity contribution in [3.05, 3.63) is 51.3 Å². The van der Waals surface area contributed by atoms with Gasteiger partial charge in [-0.05, 0) is 58.2 Å². The molecule has 0 unspecified atom stereocenters. The van der Waals surface area contributed by atoms with Crippen LogP contribution >= 0.6 is 0 Å². The first-order valence-corrected chi connectivity index (χ1v) is 6.93. The molecular formula is C17H22N2O. The Labute approximate surface area is 120 Å². The molecule has 20 heavy (non-hydrogen) atoms. The minimum Gasteiger partial charge on any atom is -0.292 e. The van der Waals surface area contributed by atoms with E-state index in [0.717, 1.165) is 33.6 Å². The molecule has 0 aliphatic heterocycles. The van der Waals surface area contributed by atoms with Crippen molar-refractivity contribution in [1.82, 2.24) is 9.78 Å². The van der Waals surface area contributed by atoms with Gasteiger partial charge >= 0.3 is 0 Å². The largest absolute Gasteiger partial charge is 0.292 e. The van der Waals surface area contributed by atoms with Gasteiger partial charge in [0.2, 0.25) is 0 Å². The van der Waals surface area contributed by atoms with Gasteiger partial charge in [-0.15, -0.1) is 0 Å². The molecule has 0 fully saturated rings. The van der Waals surface area contributed by atoms with Gasteiger partial charge in [-0.3, -0.25) is 9.48 Å². The molecule has 0 bridgehead atoms. The first-order valence-electron chi connectivity index (χ1n) is 6.93. The van der Waals surface area contributed by atoms with E-state index >= 15 is 0 Å². The van der Waals surface area contributed by atoms with Crippen LogP contribution in [0.15, 0.2) is 12.1 Å². The van der Waals surface area contributed by atoms with Crippen molar-refractivity contribution in [2.24, 2.45) is 0 Å². The molecule has 3 heteroatoms. The minimum absolute atomic E-state index is 0.130. The van der Waals surface area contributed by atoms with Crippen molar-refractivity contribution in [2.75, 3.05) is 0 Å². The van der Waals surface area contributed by atoms with Crippen molar-refractivity contribution < 1.29 is 4.79 Å². The maximum atomic E-state index is 12.6. The molecule has 1 aromatic carbocycles. The Bertz CT molecular complexity index is 658. The summed E-state index contributed by atoms with van der Waals surface area (Å²) in [4.78, 5) is 12.6. The van der Waals surface area contributed by atoms with Crippen LogP contribution in [-0.2, 0) is 6.54 Å². The number of aromatic nitrogens is 2. The van der Waals surface area contributed by atoms with Crippen molar-refractivity contribution in [3.8, 4) is 0 Å². The summed E-state index contributed by atoms with van der Waals surface area (Å²) in [6, 6.07) is 4.12. The number of nitrogens with zero attached hydrogens (tertiary/aromatic N) is 2. The lowest BCUT2D eigenvalue weighted by Crippen LogP contribution is -2.15. The fourth-order valence-corrected chi connectivity index (χ4v) is 2.78. The highest BCUT2D eigenvalue weighted by atomic mass is 16.1. The molecule has 0 atom stereocenters. The number of aryl methyl sites for hydroxylation is 4. The molecule has 2 rings (SSSR count). The highest BCUT2D eigenvalue weighted by Gasteiger charge is 2.16. The fraction of sp³-hybridized carbons (Fsp3) is 0.412. The normalized spacial score (nSPS) is 10.9. The molecule has 0 N–H and O–H groups in total. The Morgan fingerprint density at radius 1 is 1.05 bits per heavy atom. The first-order chi connectivity index (χ1) is 9.31. The van der Waals surface area contributed by atoms with Crippen LogP contribution in [0.2, 0.25) is 0 Å². The SMILES string of the molecule is Cc1cc(C)c(C(=O)Cn2nc(C)c(C)c2C)c(C)c1. The lowest BCUT2D eigenvalue weighted by molar-refractivity contribution is 0.0965. The number of rotatable bonds is 3. The zero-order chi connectivity index (χ0) is 15.0. The third-order valence-corrected chi connectivity index (χ3v) is 3.99. The van der Waals surface area contributed by atoms with E-state index in [9.17, 15) is 4.79 Å². The third-order valence-electron chi connectivity index (χ3n) is 3.99. The predicted molar refractivity (Wildman–Crippen MR) is 81.4 cm³/mol. The standard InChI is InChI=1S/C17H22N2O/c1-10-7-11(2)17(12(3)8-10)16(20)9-19-15(6)13(4)14(5)18-19/h7-8H,9H2,1-6H3. The van der Waals surface area contributed by atoms with E-state index in [0.29, 0.717) is 6.54 Å². The number of Topliss-reactive ketones (excluding diaryl/α,β-unsaturated/α-hetero) is 1. The van der Waals surface area contributed by atoms with Crippen molar-refractivity contribution in [3.63, 3.8) is 0 Å². The van der Waals surface area contributed by atoms with Crippen LogP contribution in [0.5, 0.6) is 0 Å². The summed E-state index contributed by atoms with van der Waals surface area (Å²) in [5.41, 5.74) is 7.34. The number of carbonyl (C=O) groups excluding carboxylic acids is 1. The molecule has 3 nitrogen and oxygen atoms in total. The van der Waals surface area contributed by atoms with Crippen LogP contribution in [0, 0.1) is 41.5 Å². The van der Waals surface area contributed by atoms with Crippen molar-refractivity contribution in [2.45, 2.75) is 48.1 Å². The van der Waals surface area contributed by atoms with Gasteiger partial charge in [-0.1, -0.05) is 17.7 Å². The van der Waals surface area contributed by atoms with Gasteiger partial charge in [0, 0.05) is 11.3 Å². The summed E-state index contributed by atoms with van der Waals surface area (Å²) in [5.74, 6) is 0.130. The second-order valence-electron chi connectivity index (χ2n) is 5.65. The molecule has 1 aromatic heterocycles. The van der Waals surface area contributed by atoms with E-state index in [-0.39, 0.29) is 5.78 Å². The van der Waals surface area contributed by atoms with E-state index < -0.39 is 0 Å². The molecule has 0 radical (unpaired) electrons. The van der Waals surface area contributed by atoms with Gasteiger partial charge in [-0.25, -0.2) is 0 Å². The Kier molecular flexibility index (Phi) is 3.80. The zero-order valence-corrected chi connectivity index (χ0v) is 13.2. The Hall–Kier alpha value is -1.90. The maximum Gasteiger partial charge on any atom is 0.184 e. The van der Waals surface area contributed by atoms with Gasteiger partial charge in [0.1, 0.15) is 6.54 Å². The lowest BCUT2D eigenvalue weighted by atomic mass is 9.96. The second kappa shape index (κ2) is 5.23. The summed E-state index contributed by atoms with van der Waals surface area (Å²) in [6.07, 6.45) is 0. The number of ketones is 1. The zero-order valence-electron chi connectivity index (χ0n) is 13.2. The molecule has 2 aromatic rings. The number of hydrogen-bond donors (Lipinski definition) is 0. The molecule has 106 valence electrons. The third kappa shape index (κ3) is 2.53. The number of carbonyl (C=O) groups is 1. The van der Waals surface area contributed by atoms with Gasteiger partial charge in [-0.2, -0.15) is 5.10 Å². The average Bonchev–Trinajstić information content (AvgIpc) is 2.55. The predicted octanol–water partition coefficient (Wildman–Crippen LogP) is 3.62. The Balaban J connectivity index is 2.36. The quantitative estimate of drug-likeness (QED) is 0.798. The summed E-state index contributed by atoms with van der Waals surface area (Å²) >= 11 is 0. The van der Waals surface area contributed by atoms with Crippen LogP contribution in [0.4, 0.5) is 0 Å². The van der Waals surface area contributed by atoms with E-state index in [1.165, 1.54) is 5.56 Å². The van der Waals surface area contributed by atoms with E-state index in [4.69, 9.17) is 0 Å². The molecule has 0 saturated heterocycles. The van der Waals surface area contributed by atoms with Crippen LogP contribution < -0.4 is 0 Å². The molecule has 1 heterocycles. The molecule has 0 aliphatic carbocycles. The highest BCUT2D eigenvalue weighted by Crippen LogP contribution is 2.19. The van der Waals surface area contributed by atoms with Crippen LogP contribution in [0.3, 0.4) is 0 Å². The van der Waals surface area contributed by atoms with Crippen LogP contribution in [0.1, 0.15) is 44.0 Å². The summed E-state index contributed by atoms with van der Waals surface area (Å²) in [6.45, 7) is 12.4. The summed E-state index contributed by atoms with van der Waals surface area (Å²) < 4.78 is 1.81. The molecule has 0 amide bonds. The van der Waals surface area contributed by atoms with Crippen molar-refractivity contribution >= 4 is 5.78 Å². The van der Waals surface area contributed by atoms with E-state index in [2.05, 4.69) is 24.2 Å². The second-order valence-corrected chi connectivity index (χ2v) is 5.65. The lowest BCUT2D eigenvalue weighted by Gasteiger charge is -2.11. The molecule has 0 aliphatic rings. The van der Waals surface area contributed by atoms with Gasteiger partial charge in [0.05, 0.1) is 5.69 Å². The maximum absolute atomic E-state index is 12.6. The topological polar surface area (TPSA) is 34.9 Å². The number of hydrogen-bond acceptors (Lipinski definition) is 2. The molecular weight excluding hydrogens is 248 g/mol. The van der Waals surface area contributed by atoms with Crippen LogP contribution in [0.25, 0.3) is 0 Å². The number of benzene rings is 1. The van der Waals surface area contributed by atoms with E-state index in [1.54, 1.807) is 0 Å². The van der Waals surface area contributed by atoms with Crippen molar-refractivity contribution in [1.29, 1.82) is 0 Å². The van der Waals surface area contributed by atoms with Gasteiger partial charge in [0.25, 0.3) is 0 Å². The monoisotopic (exact) mass is 270 g/mol. The molecule has 0 saturated carbocycles. The fourth-order valence-electron chi connectivity index (χ4n) is 2.78. The Morgan fingerprint density at radius 2 is 1.60 bits per heavy atom. The Morgan fingerprint density at radius 3 is 2.05 bits per heavy atom. The van der Waals surface area contributed by atoms with Gasteiger partial charge in [0.15, 0.2) is 5.78 Å². The summed E-state index contributed by atoms with van der Waals surface area (Å²) in [5, 5.41) is 4.45. The van der Waals surface area contributed by atoms with E-state index in [1.807, 2.05) is 39.3 Å². The van der Waals surface area contributed by atoms with Gasteiger partial charge < -0.3 is 0 Å². The summed E-state index contributed by atoms with van der Waals surface area (Å²) in [7, 11) is 0. The smallest absolute Gasteiger partial charge is 0.184 e. The average molecular weight is 270 g/mol. The first kappa shape index (κ1) is 14.5. The molecule has 0 spiro atoms. The van der Waals surface area contributed by atoms with Crippen LogP contribution in [-0.4, -0.2) is 15.6 Å². The minimum atomic E-state index is 0.130. The highest BCUT2D eigenvalue weighted by molar-refractivity contribution is 5.98.